The average molecular weight is 173 g/mol. The van der Waals surface area contributed by atoms with Crippen LogP contribution in [0.2, 0.25) is 0 Å². The molecule has 0 aromatic carbocycles. The van der Waals surface area contributed by atoms with Crippen LogP contribution in [0.5, 0.6) is 0 Å². The third-order valence-corrected chi connectivity index (χ3v) is 2.23. The molecule has 3 heteroatoms. The van der Waals surface area contributed by atoms with Gasteiger partial charge in [0.25, 0.3) is 0 Å². The first kappa shape index (κ1) is 11.4. The van der Waals surface area contributed by atoms with Crippen LogP contribution in [0.3, 0.4) is 0 Å². The van der Waals surface area contributed by atoms with Gasteiger partial charge < -0.3 is 10.8 Å². The van der Waals surface area contributed by atoms with Crippen LogP contribution in [-0.4, -0.2) is 17.1 Å². The van der Waals surface area contributed by atoms with Crippen molar-refractivity contribution in [3.63, 3.8) is 0 Å². The summed E-state index contributed by atoms with van der Waals surface area (Å²) in [5.41, 5.74) is 5.65. The van der Waals surface area contributed by atoms with Gasteiger partial charge in [0.15, 0.2) is 0 Å². The number of nitrogens with two attached hydrogens (primary N) is 1. The highest BCUT2D eigenvalue weighted by Gasteiger charge is 2.12. The van der Waals surface area contributed by atoms with Crippen molar-refractivity contribution in [3.8, 4) is 0 Å². The van der Waals surface area contributed by atoms with Gasteiger partial charge in [0, 0.05) is 6.04 Å². The second-order valence-corrected chi connectivity index (χ2v) is 3.28. The zero-order valence-electron chi connectivity index (χ0n) is 7.92. The molecule has 72 valence electrons. The van der Waals surface area contributed by atoms with Crippen molar-refractivity contribution in [2.24, 2.45) is 11.7 Å². The lowest BCUT2D eigenvalue weighted by atomic mass is 9.94. The van der Waals surface area contributed by atoms with Crippen LogP contribution in [0.4, 0.5) is 0 Å². The van der Waals surface area contributed by atoms with Crippen LogP contribution in [0.1, 0.15) is 39.5 Å². The normalized spacial score (nSPS) is 13.3. The minimum Gasteiger partial charge on any atom is -0.481 e. The SMILES string of the molecule is CCC(CC)CC(N)CC(=O)O. The molecule has 1 unspecified atom stereocenters. The van der Waals surface area contributed by atoms with Crippen molar-refractivity contribution in [1.82, 2.24) is 0 Å². The van der Waals surface area contributed by atoms with E-state index in [1.807, 2.05) is 0 Å². The van der Waals surface area contributed by atoms with Gasteiger partial charge in [-0.1, -0.05) is 26.7 Å². The fourth-order valence-corrected chi connectivity index (χ4v) is 1.36. The highest BCUT2D eigenvalue weighted by Crippen LogP contribution is 2.15. The van der Waals surface area contributed by atoms with Crippen molar-refractivity contribution in [3.05, 3.63) is 0 Å². The summed E-state index contributed by atoms with van der Waals surface area (Å²) in [5, 5.41) is 8.46. The Balaban J connectivity index is 3.65. The molecule has 3 nitrogen and oxygen atoms in total. The fourth-order valence-electron chi connectivity index (χ4n) is 1.36. The summed E-state index contributed by atoms with van der Waals surface area (Å²) in [7, 11) is 0. The maximum Gasteiger partial charge on any atom is 0.304 e. The van der Waals surface area contributed by atoms with Gasteiger partial charge in [-0.25, -0.2) is 0 Å². The van der Waals surface area contributed by atoms with E-state index in [0.717, 1.165) is 19.3 Å². The molecule has 0 aliphatic rings. The molecule has 0 aliphatic heterocycles. The Bertz CT molecular complexity index is 132. The van der Waals surface area contributed by atoms with Gasteiger partial charge in [-0.2, -0.15) is 0 Å². The summed E-state index contributed by atoms with van der Waals surface area (Å²) in [5.74, 6) is -0.215. The first-order valence-corrected chi connectivity index (χ1v) is 4.57. The van der Waals surface area contributed by atoms with Crippen LogP contribution in [0, 0.1) is 5.92 Å². The molecule has 1 atom stereocenters. The maximum atomic E-state index is 10.3. The van der Waals surface area contributed by atoms with Crippen LogP contribution in [0.25, 0.3) is 0 Å². The third kappa shape index (κ3) is 5.13. The number of hydrogen-bond acceptors (Lipinski definition) is 2. The summed E-state index contributed by atoms with van der Waals surface area (Å²) in [6.07, 6.45) is 3.10. The first-order valence-electron chi connectivity index (χ1n) is 4.57. The summed E-state index contributed by atoms with van der Waals surface area (Å²) in [6, 6.07) is -0.174. The zero-order chi connectivity index (χ0) is 9.56. The van der Waals surface area contributed by atoms with Crippen molar-refractivity contribution >= 4 is 5.97 Å². The van der Waals surface area contributed by atoms with E-state index in [9.17, 15) is 4.79 Å². The van der Waals surface area contributed by atoms with Crippen molar-refractivity contribution in [2.45, 2.75) is 45.6 Å². The Kier molecular flexibility index (Phi) is 5.72. The van der Waals surface area contributed by atoms with E-state index in [1.54, 1.807) is 0 Å². The largest absolute Gasteiger partial charge is 0.481 e. The molecule has 0 fully saturated rings. The fraction of sp³-hybridized carbons (Fsp3) is 0.889. The summed E-state index contributed by atoms with van der Waals surface area (Å²) in [6.45, 7) is 4.23. The molecule has 0 spiro atoms. The van der Waals surface area contributed by atoms with E-state index in [4.69, 9.17) is 10.8 Å². The Labute approximate surface area is 74.0 Å². The molecule has 0 amide bonds. The summed E-state index contributed by atoms with van der Waals surface area (Å²) >= 11 is 0. The predicted molar refractivity (Wildman–Crippen MR) is 48.9 cm³/mol. The summed E-state index contributed by atoms with van der Waals surface area (Å²) in [4.78, 5) is 10.3. The van der Waals surface area contributed by atoms with Gasteiger partial charge in [-0.3, -0.25) is 4.79 Å². The summed E-state index contributed by atoms with van der Waals surface area (Å²) < 4.78 is 0. The number of carboxylic acid groups (broad SMARTS) is 1. The number of carbonyl (C=O) groups is 1. The minimum absolute atomic E-state index is 0.0938. The second kappa shape index (κ2) is 6.00. The van der Waals surface area contributed by atoms with E-state index in [-0.39, 0.29) is 12.5 Å². The molecule has 0 rings (SSSR count). The van der Waals surface area contributed by atoms with Crippen molar-refractivity contribution in [2.75, 3.05) is 0 Å². The Morgan fingerprint density at radius 1 is 1.42 bits per heavy atom. The Hall–Kier alpha value is -0.570. The van der Waals surface area contributed by atoms with Crippen LogP contribution >= 0.6 is 0 Å². The molecule has 12 heavy (non-hydrogen) atoms. The molecule has 0 saturated heterocycles. The second-order valence-electron chi connectivity index (χ2n) is 3.28. The molecular formula is C9H19NO2. The smallest absolute Gasteiger partial charge is 0.304 e. The lowest BCUT2D eigenvalue weighted by molar-refractivity contribution is -0.137. The molecule has 0 saturated carbocycles. The van der Waals surface area contributed by atoms with Gasteiger partial charge in [0.05, 0.1) is 6.42 Å². The molecule has 3 N–H and O–H groups in total. The molecule has 0 radical (unpaired) electrons. The van der Waals surface area contributed by atoms with E-state index in [1.165, 1.54) is 0 Å². The van der Waals surface area contributed by atoms with Crippen LogP contribution < -0.4 is 5.73 Å². The molecule has 0 bridgehead atoms. The van der Waals surface area contributed by atoms with E-state index in [0.29, 0.717) is 5.92 Å². The standard InChI is InChI=1S/C9H19NO2/c1-3-7(4-2)5-8(10)6-9(11)12/h7-8H,3-6,10H2,1-2H3,(H,11,12). The lowest BCUT2D eigenvalue weighted by Crippen LogP contribution is -2.26. The van der Waals surface area contributed by atoms with Gasteiger partial charge in [-0.15, -0.1) is 0 Å². The average Bonchev–Trinajstić information content (AvgIpc) is 1.98. The molecule has 0 aromatic rings. The van der Waals surface area contributed by atoms with E-state index in [2.05, 4.69) is 13.8 Å². The van der Waals surface area contributed by atoms with Gasteiger partial charge in [0.1, 0.15) is 0 Å². The lowest BCUT2D eigenvalue weighted by Gasteiger charge is -2.16. The Morgan fingerprint density at radius 2 is 1.92 bits per heavy atom. The van der Waals surface area contributed by atoms with Crippen LogP contribution in [0.15, 0.2) is 0 Å². The zero-order valence-corrected chi connectivity index (χ0v) is 7.92. The highest BCUT2D eigenvalue weighted by molar-refractivity contribution is 5.67. The first-order chi connectivity index (χ1) is 5.60. The quantitative estimate of drug-likeness (QED) is 0.641. The topological polar surface area (TPSA) is 63.3 Å². The molecular weight excluding hydrogens is 154 g/mol. The molecule has 0 heterocycles. The van der Waals surface area contributed by atoms with Gasteiger partial charge >= 0.3 is 5.97 Å². The predicted octanol–water partition coefficient (Wildman–Crippen LogP) is 1.61. The third-order valence-electron chi connectivity index (χ3n) is 2.23. The molecule has 0 aromatic heterocycles. The molecule has 0 aliphatic carbocycles. The Morgan fingerprint density at radius 3 is 2.25 bits per heavy atom. The van der Waals surface area contributed by atoms with Crippen molar-refractivity contribution < 1.29 is 9.90 Å². The monoisotopic (exact) mass is 173 g/mol. The van der Waals surface area contributed by atoms with Gasteiger partial charge in [0.2, 0.25) is 0 Å². The van der Waals surface area contributed by atoms with E-state index < -0.39 is 5.97 Å². The minimum atomic E-state index is -0.798. The number of carboxylic acids is 1. The maximum absolute atomic E-state index is 10.3. The number of aliphatic carboxylic acids is 1. The van der Waals surface area contributed by atoms with Gasteiger partial charge in [-0.05, 0) is 12.3 Å². The number of rotatable bonds is 6. The highest BCUT2D eigenvalue weighted by atomic mass is 16.4. The number of hydrogen-bond donors (Lipinski definition) is 2. The van der Waals surface area contributed by atoms with E-state index >= 15 is 0 Å². The van der Waals surface area contributed by atoms with Crippen molar-refractivity contribution in [1.29, 1.82) is 0 Å². The van der Waals surface area contributed by atoms with Crippen LogP contribution in [-0.2, 0) is 4.79 Å².